The monoisotopic (exact) mass is 391 g/mol. The average Bonchev–Trinajstić information content (AvgIpc) is 3.22. The van der Waals surface area contributed by atoms with Crippen LogP contribution in [-0.2, 0) is 7.05 Å². The molecule has 0 saturated heterocycles. The molecule has 0 spiro atoms. The smallest absolute Gasteiger partial charge is 0.290 e. The highest BCUT2D eigenvalue weighted by Gasteiger charge is 2.19. The van der Waals surface area contributed by atoms with Gasteiger partial charge < -0.3 is 10.6 Å². The number of para-hydroxylation sites is 1. The van der Waals surface area contributed by atoms with Crippen LogP contribution in [0.1, 0.15) is 24.9 Å². The van der Waals surface area contributed by atoms with Crippen LogP contribution in [0.3, 0.4) is 0 Å². The van der Waals surface area contributed by atoms with E-state index in [1.165, 1.54) is 7.05 Å². The first-order valence-corrected chi connectivity index (χ1v) is 9.29. The Morgan fingerprint density at radius 3 is 2.59 bits per heavy atom. The summed E-state index contributed by atoms with van der Waals surface area (Å²) in [7, 11) is 1.50. The molecular weight excluding hydrogens is 370 g/mol. The van der Waals surface area contributed by atoms with Crippen molar-refractivity contribution in [1.82, 2.24) is 25.2 Å². The van der Waals surface area contributed by atoms with Crippen molar-refractivity contribution in [2.45, 2.75) is 19.4 Å². The molecule has 2 aromatic carbocycles. The van der Waals surface area contributed by atoms with E-state index < -0.39 is 5.56 Å². The van der Waals surface area contributed by atoms with Crippen molar-refractivity contribution in [3.8, 4) is 0 Å². The minimum atomic E-state index is -0.392. The van der Waals surface area contributed by atoms with E-state index in [0.29, 0.717) is 16.7 Å². The summed E-state index contributed by atoms with van der Waals surface area (Å²) in [5, 5.41) is 19.7. The number of nitrogens with zero attached hydrogens (tertiary/aromatic N) is 3. The van der Waals surface area contributed by atoms with E-state index >= 15 is 0 Å². The third kappa shape index (κ3) is 3.49. The van der Waals surface area contributed by atoms with Crippen LogP contribution in [0.2, 0.25) is 0 Å². The molecule has 29 heavy (non-hydrogen) atoms. The highest BCUT2D eigenvalue weighted by molar-refractivity contribution is 5.90. The number of rotatable bonds is 6. The molecule has 0 aliphatic heterocycles. The fraction of sp³-hybridized carbons (Fsp3) is 0.200. The van der Waals surface area contributed by atoms with Gasteiger partial charge in [0.1, 0.15) is 22.4 Å². The van der Waals surface area contributed by atoms with Crippen LogP contribution in [0.15, 0.2) is 58.1 Å². The molecule has 2 heterocycles. The summed E-state index contributed by atoms with van der Waals surface area (Å²) in [6, 6.07) is 15.1. The minimum absolute atomic E-state index is 0.132. The number of fused-ring (bicyclic) bond motifs is 1. The molecule has 4 rings (SSSR count). The Balaban J connectivity index is 1.80. The third-order valence-electron chi connectivity index (χ3n) is 4.80. The maximum atomic E-state index is 12.9. The van der Waals surface area contributed by atoms with E-state index in [1.807, 2.05) is 43.3 Å². The minimum Gasteiger partial charge on any atom is -0.372 e. The van der Waals surface area contributed by atoms with Crippen LogP contribution >= 0.6 is 0 Å². The van der Waals surface area contributed by atoms with Crippen molar-refractivity contribution in [3.63, 3.8) is 0 Å². The van der Waals surface area contributed by atoms with Gasteiger partial charge in [-0.2, -0.15) is 15.4 Å². The zero-order valence-corrected chi connectivity index (χ0v) is 16.1. The molecular formula is C20H21N7O2. The van der Waals surface area contributed by atoms with Gasteiger partial charge in [0.05, 0.1) is 11.7 Å². The number of anilines is 3. The van der Waals surface area contributed by atoms with Gasteiger partial charge in [-0.05, 0) is 24.1 Å². The van der Waals surface area contributed by atoms with Crippen LogP contribution in [0.5, 0.6) is 0 Å². The lowest BCUT2D eigenvalue weighted by Gasteiger charge is -2.21. The van der Waals surface area contributed by atoms with Crippen molar-refractivity contribution < 1.29 is 0 Å². The molecule has 1 unspecified atom stereocenters. The number of hydrogen-bond donors (Lipinski definition) is 4. The predicted molar refractivity (Wildman–Crippen MR) is 113 cm³/mol. The standard InChI is InChI=1S/C20H21N7O2/c1-3-13(12-8-5-4-6-9-12)21-17-18(20(29)27(2)25-19(17)28)22-14-10-7-11-15-16(14)24-26-23-15/h4-11,13,21-22H,3H2,1-2H3,(H,25,28)(H,23,24,26). The first kappa shape index (κ1) is 18.5. The summed E-state index contributed by atoms with van der Waals surface area (Å²) < 4.78 is 1.16. The van der Waals surface area contributed by atoms with Crippen molar-refractivity contribution in [2.75, 3.05) is 10.6 Å². The Labute approximate surface area is 165 Å². The van der Waals surface area contributed by atoms with Gasteiger partial charge in [0, 0.05) is 7.05 Å². The Hall–Kier alpha value is -3.88. The molecule has 1 atom stereocenters. The molecule has 0 radical (unpaired) electrons. The van der Waals surface area contributed by atoms with E-state index in [2.05, 4.69) is 31.1 Å². The van der Waals surface area contributed by atoms with Gasteiger partial charge in [-0.25, -0.2) is 0 Å². The third-order valence-corrected chi connectivity index (χ3v) is 4.80. The van der Waals surface area contributed by atoms with Crippen molar-refractivity contribution in [1.29, 1.82) is 0 Å². The summed E-state index contributed by atoms with van der Waals surface area (Å²) >= 11 is 0. The number of nitrogens with one attached hydrogen (secondary N) is 4. The van der Waals surface area contributed by atoms with Gasteiger partial charge in [-0.15, -0.1) is 0 Å². The van der Waals surface area contributed by atoms with Gasteiger partial charge in [0.15, 0.2) is 0 Å². The van der Waals surface area contributed by atoms with Crippen LogP contribution < -0.4 is 21.8 Å². The zero-order valence-electron chi connectivity index (χ0n) is 16.1. The molecule has 0 fully saturated rings. The van der Waals surface area contributed by atoms with Crippen LogP contribution in [0.4, 0.5) is 17.1 Å². The lowest BCUT2D eigenvalue weighted by Crippen LogP contribution is -2.32. The highest BCUT2D eigenvalue weighted by Crippen LogP contribution is 2.27. The summed E-state index contributed by atoms with van der Waals surface area (Å²) in [6.07, 6.45) is 0.733. The molecule has 9 heteroatoms. The largest absolute Gasteiger partial charge is 0.372 e. The van der Waals surface area contributed by atoms with Crippen molar-refractivity contribution >= 4 is 28.1 Å². The predicted octanol–water partition coefficient (Wildman–Crippen LogP) is 2.65. The van der Waals surface area contributed by atoms with Gasteiger partial charge >= 0.3 is 0 Å². The second kappa shape index (κ2) is 7.63. The van der Waals surface area contributed by atoms with Crippen LogP contribution in [0, 0.1) is 0 Å². The average molecular weight is 391 g/mol. The molecule has 0 aliphatic carbocycles. The fourth-order valence-corrected chi connectivity index (χ4v) is 3.28. The number of benzene rings is 2. The molecule has 0 bridgehead atoms. The van der Waals surface area contributed by atoms with Gasteiger partial charge in [-0.1, -0.05) is 43.3 Å². The van der Waals surface area contributed by atoms with E-state index in [-0.39, 0.29) is 23.0 Å². The second-order valence-electron chi connectivity index (χ2n) is 6.69. The normalized spacial score (nSPS) is 12.1. The number of aromatic amines is 2. The zero-order chi connectivity index (χ0) is 20.4. The van der Waals surface area contributed by atoms with Crippen LogP contribution in [-0.4, -0.2) is 25.2 Å². The SMILES string of the molecule is CCC(Nc1c(Nc2cccc3n[nH]nc23)c(=O)n(C)[nH]c1=O)c1ccccc1. The molecule has 4 aromatic rings. The molecule has 0 saturated carbocycles. The van der Waals surface area contributed by atoms with E-state index in [4.69, 9.17) is 0 Å². The summed E-state index contributed by atoms with van der Waals surface area (Å²) in [5.74, 6) is 0. The Morgan fingerprint density at radius 1 is 1.03 bits per heavy atom. The van der Waals surface area contributed by atoms with Crippen molar-refractivity contribution in [3.05, 3.63) is 74.8 Å². The lowest BCUT2D eigenvalue weighted by molar-refractivity contribution is 0.688. The van der Waals surface area contributed by atoms with Gasteiger partial charge in [-0.3, -0.25) is 19.4 Å². The number of H-pyrrole nitrogens is 2. The van der Waals surface area contributed by atoms with Crippen molar-refractivity contribution in [2.24, 2.45) is 7.05 Å². The number of aryl methyl sites for hydroxylation is 1. The van der Waals surface area contributed by atoms with Crippen LogP contribution in [0.25, 0.3) is 11.0 Å². The second-order valence-corrected chi connectivity index (χ2v) is 6.69. The molecule has 2 aromatic heterocycles. The summed E-state index contributed by atoms with van der Waals surface area (Å²) in [6.45, 7) is 2.02. The highest BCUT2D eigenvalue weighted by atomic mass is 16.2. The first-order chi connectivity index (χ1) is 14.1. The number of aromatic nitrogens is 5. The Bertz CT molecular complexity index is 1260. The first-order valence-electron chi connectivity index (χ1n) is 9.29. The quantitative estimate of drug-likeness (QED) is 0.401. The lowest BCUT2D eigenvalue weighted by atomic mass is 10.0. The van der Waals surface area contributed by atoms with E-state index in [9.17, 15) is 9.59 Å². The maximum Gasteiger partial charge on any atom is 0.290 e. The molecule has 0 aliphatic rings. The molecule has 148 valence electrons. The summed E-state index contributed by atoms with van der Waals surface area (Å²) in [5.41, 5.74) is 2.42. The maximum absolute atomic E-state index is 12.9. The van der Waals surface area contributed by atoms with E-state index in [0.717, 1.165) is 16.7 Å². The Kier molecular flexibility index (Phi) is 4.86. The molecule has 9 nitrogen and oxygen atoms in total. The fourth-order valence-electron chi connectivity index (χ4n) is 3.28. The summed E-state index contributed by atoms with van der Waals surface area (Å²) in [4.78, 5) is 25.6. The van der Waals surface area contributed by atoms with E-state index in [1.54, 1.807) is 12.1 Å². The number of hydrogen-bond acceptors (Lipinski definition) is 6. The van der Waals surface area contributed by atoms with Gasteiger partial charge in [0.2, 0.25) is 0 Å². The Morgan fingerprint density at radius 2 is 1.83 bits per heavy atom. The molecule has 0 amide bonds. The topological polar surface area (TPSA) is 120 Å². The molecule has 4 N–H and O–H groups in total. The van der Waals surface area contributed by atoms with Gasteiger partial charge in [0.25, 0.3) is 11.1 Å².